The third-order valence-corrected chi connectivity index (χ3v) is 8.56. The summed E-state index contributed by atoms with van der Waals surface area (Å²) in [7, 11) is -8.18. The van der Waals surface area contributed by atoms with E-state index in [2.05, 4.69) is 20.4 Å². The lowest BCUT2D eigenvalue weighted by Crippen LogP contribution is -2.47. The van der Waals surface area contributed by atoms with Crippen LogP contribution >= 0.6 is 0 Å². The molecular formula is C27H65N5O12Si2. The number of nitrogens with one attached hydrogen (secondary N) is 2. The van der Waals surface area contributed by atoms with Gasteiger partial charge in [0.1, 0.15) is 0 Å². The van der Waals surface area contributed by atoms with Crippen LogP contribution in [0.25, 0.3) is 0 Å². The van der Waals surface area contributed by atoms with Gasteiger partial charge >= 0.3 is 17.6 Å². The Labute approximate surface area is 276 Å². The molecule has 0 bridgehead atoms. The topological polar surface area (TPSA) is 266 Å². The molecule has 3 atom stereocenters. The summed E-state index contributed by atoms with van der Waals surface area (Å²) in [5.41, 5.74) is 5.19. The lowest BCUT2D eigenvalue weighted by Gasteiger charge is -2.31. The average Bonchev–Trinajstić information content (AvgIpc) is 2.92. The quantitative estimate of drug-likeness (QED) is 0.0238. The number of rotatable bonds is 31. The van der Waals surface area contributed by atoms with Gasteiger partial charge in [-0.3, -0.25) is 9.80 Å². The van der Waals surface area contributed by atoms with Crippen LogP contribution in [0.3, 0.4) is 0 Å². The SMILES string of the molecule is CC(C)(C)OCC(O)CN(CCNCC(O)COCCC[Si](O)(O)O)CCN(CCNCCN)CC(O)COCCC[Si](O)(O)O. The zero-order chi connectivity index (χ0) is 35.1. The molecule has 17 nitrogen and oxygen atoms in total. The molecule has 0 aliphatic carbocycles. The Balaban J connectivity index is 4.94. The minimum absolute atomic E-state index is 0.0545. The predicted octanol–water partition coefficient (Wildman–Crippen LogP) is -4.73. The van der Waals surface area contributed by atoms with Crippen LogP contribution in [0, 0.1) is 0 Å². The van der Waals surface area contributed by atoms with Crippen molar-refractivity contribution in [2.75, 3.05) is 105 Å². The van der Waals surface area contributed by atoms with Crippen molar-refractivity contribution in [1.29, 1.82) is 0 Å². The lowest BCUT2D eigenvalue weighted by atomic mass is 10.2. The van der Waals surface area contributed by atoms with Crippen molar-refractivity contribution in [3.63, 3.8) is 0 Å². The maximum Gasteiger partial charge on any atom is 0.492 e. The van der Waals surface area contributed by atoms with E-state index in [-0.39, 0.29) is 64.5 Å². The van der Waals surface area contributed by atoms with Gasteiger partial charge in [-0.05, 0) is 33.6 Å². The molecular weight excluding hydrogens is 642 g/mol. The molecule has 278 valence electrons. The Hall–Kier alpha value is -0.246. The summed E-state index contributed by atoms with van der Waals surface area (Å²) in [4.78, 5) is 58.6. The van der Waals surface area contributed by atoms with Crippen LogP contribution in [0.15, 0.2) is 0 Å². The van der Waals surface area contributed by atoms with Crippen molar-refractivity contribution >= 4 is 17.6 Å². The van der Waals surface area contributed by atoms with Crippen molar-refractivity contribution in [1.82, 2.24) is 20.4 Å². The average molecular weight is 708 g/mol. The van der Waals surface area contributed by atoms with Crippen molar-refractivity contribution in [3.05, 3.63) is 0 Å². The second-order valence-electron chi connectivity index (χ2n) is 12.6. The van der Waals surface area contributed by atoms with Crippen molar-refractivity contribution < 1.29 is 58.3 Å². The van der Waals surface area contributed by atoms with E-state index < -0.39 is 41.5 Å². The van der Waals surface area contributed by atoms with Crippen LogP contribution < -0.4 is 16.4 Å². The smallest absolute Gasteiger partial charge is 0.390 e. The molecule has 0 heterocycles. The number of nitrogens with two attached hydrogens (primary N) is 1. The minimum Gasteiger partial charge on any atom is -0.390 e. The summed E-state index contributed by atoms with van der Waals surface area (Å²) in [6.45, 7) is 12.1. The molecule has 0 amide bonds. The number of hydrogen-bond donors (Lipinski definition) is 12. The van der Waals surface area contributed by atoms with Crippen LogP contribution in [0.4, 0.5) is 0 Å². The van der Waals surface area contributed by atoms with E-state index in [1.807, 2.05) is 20.8 Å². The van der Waals surface area contributed by atoms with Gasteiger partial charge in [-0.15, -0.1) is 0 Å². The first-order valence-electron chi connectivity index (χ1n) is 16.1. The standard InChI is InChI=1S/C27H65N5O12Si2/c1-27(2,3)44-23-26(35)20-32(11-9-30-18-24(33)21-42-14-4-16-45(36,37)38)13-12-31(10-8-29-7-6-28)19-25(34)22-43-15-5-17-46(39,40)41/h24-26,29-30,33-41H,4-23,28H2,1-3H3. The summed E-state index contributed by atoms with van der Waals surface area (Å²) in [5, 5.41) is 37.9. The van der Waals surface area contributed by atoms with E-state index in [0.717, 1.165) is 0 Å². The van der Waals surface area contributed by atoms with Gasteiger partial charge < -0.3 is 74.7 Å². The molecule has 0 radical (unpaired) electrons. The zero-order valence-corrected chi connectivity index (χ0v) is 30.1. The summed E-state index contributed by atoms with van der Waals surface area (Å²) < 4.78 is 16.6. The van der Waals surface area contributed by atoms with Gasteiger partial charge in [-0.25, -0.2) is 0 Å². The van der Waals surface area contributed by atoms with E-state index in [1.165, 1.54) is 0 Å². The first-order chi connectivity index (χ1) is 21.4. The van der Waals surface area contributed by atoms with Gasteiger partial charge in [-0.2, -0.15) is 0 Å². The van der Waals surface area contributed by atoms with Crippen molar-refractivity contribution in [2.24, 2.45) is 5.73 Å². The molecule has 19 heteroatoms. The number of hydrogen-bond acceptors (Lipinski definition) is 17. The van der Waals surface area contributed by atoms with E-state index in [4.69, 9.17) is 48.7 Å². The molecule has 0 aromatic heterocycles. The molecule has 13 N–H and O–H groups in total. The molecule has 0 aliphatic heterocycles. The van der Waals surface area contributed by atoms with E-state index in [1.54, 1.807) is 0 Å². The van der Waals surface area contributed by atoms with Gasteiger partial charge in [0.15, 0.2) is 0 Å². The molecule has 0 rings (SSSR count). The summed E-state index contributed by atoms with van der Waals surface area (Å²) in [5.74, 6) is 0. The van der Waals surface area contributed by atoms with Crippen LogP contribution in [0.1, 0.15) is 33.6 Å². The molecule has 0 aliphatic rings. The van der Waals surface area contributed by atoms with Crippen LogP contribution in [0.5, 0.6) is 0 Å². The van der Waals surface area contributed by atoms with Crippen LogP contribution in [0.2, 0.25) is 12.1 Å². The third kappa shape index (κ3) is 32.3. The Morgan fingerprint density at radius 2 is 1.11 bits per heavy atom. The molecule has 0 saturated heterocycles. The fourth-order valence-electron chi connectivity index (χ4n) is 4.21. The number of aliphatic hydroxyl groups is 3. The Morgan fingerprint density at radius 1 is 0.652 bits per heavy atom. The normalized spacial score (nSPS) is 15.2. The van der Waals surface area contributed by atoms with Crippen LogP contribution in [-0.2, 0) is 14.2 Å². The molecule has 0 aromatic carbocycles. The van der Waals surface area contributed by atoms with Crippen molar-refractivity contribution in [3.8, 4) is 0 Å². The van der Waals surface area contributed by atoms with E-state index >= 15 is 0 Å². The lowest BCUT2D eigenvalue weighted by molar-refractivity contribution is -0.0566. The van der Waals surface area contributed by atoms with Crippen LogP contribution in [-0.4, -0.2) is 200 Å². The van der Waals surface area contributed by atoms with Gasteiger partial charge in [-0.1, -0.05) is 0 Å². The van der Waals surface area contributed by atoms with Gasteiger partial charge in [0.2, 0.25) is 0 Å². The molecule has 0 fully saturated rings. The molecule has 0 saturated carbocycles. The van der Waals surface area contributed by atoms with Gasteiger partial charge in [0.25, 0.3) is 0 Å². The van der Waals surface area contributed by atoms with Gasteiger partial charge in [0.05, 0.1) is 43.7 Å². The fraction of sp³-hybridized carbons (Fsp3) is 1.00. The second kappa shape index (κ2) is 25.7. The summed E-state index contributed by atoms with van der Waals surface area (Å²) >= 11 is 0. The number of aliphatic hydroxyl groups excluding tert-OH is 3. The number of ether oxygens (including phenoxy) is 3. The second-order valence-corrected chi connectivity index (χ2v) is 16.7. The van der Waals surface area contributed by atoms with E-state index in [9.17, 15) is 15.3 Å². The monoisotopic (exact) mass is 707 g/mol. The number of nitrogens with zero attached hydrogens (tertiary/aromatic N) is 2. The zero-order valence-electron chi connectivity index (χ0n) is 28.1. The van der Waals surface area contributed by atoms with E-state index in [0.29, 0.717) is 65.4 Å². The Bertz CT molecular complexity index is 720. The Morgan fingerprint density at radius 3 is 1.57 bits per heavy atom. The van der Waals surface area contributed by atoms with Gasteiger partial charge in [0, 0.05) is 97.3 Å². The highest BCUT2D eigenvalue weighted by Gasteiger charge is 2.26. The summed E-state index contributed by atoms with van der Waals surface area (Å²) in [6, 6.07) is -0.252. The third-order valence-electron chi connectivity index (χ3n) is 6.51. The Kier molecular flexibility index (Phi) is 25.5. The molecule has 0 spiro atoms. The minimum atomic E-state index is -4.10. The highest BCUT2D eigenvalue weighted by molar-refractivity contribution is 6.56. The summed E-state index contributed by atoms with van der Waals surface area (Å²) in [6.07, 6.45) is -1.75. The highest BCUT2D eigenvalue weighted by Crippen LogP contribution is 2.08. The predicted molar refractivity (Wildman–Crippen MR) is 177 cm³/mol. The van der Waals surface area contributed by atoms with Crippen molar-refractivity contribution in [2.45, 2.75) is 69.6 Å². The molecule has 46 heavy (non-hydrogen) atoms. The fourth-order valence-corrected chi connectivity index (χ4v) is 5.45. The maximum absolute atomic E-state index is 10.7. The highest BCUT2D eigenvalue weighted by atomic mass is 28.4. The molecule has 0 aromatic rings. The maximum atomic E-state index is 10.7. The first kappa shape index (κ1) is 45.8. The molecule has 3 unspecified atom stereocenters. The first-order valence-corrected chi connectivity index (χ1v) is 20.2. The largest absolute Gasteiger partial charge is 0.492 e.